The average molecular weight is 471 g/mol. The van der Waals surface area contributed by atoms with Crippen molar-refractivity contribution in [2.45, 2.75) is 45.6 Å². The van der Waals surface area contributed by atoms with Gasteiger partial charge in [0, 0.05) is 19.2 Å². The van der Waals surface area contributed by atoms with Gasteiger partial charge in [-0.05, 0) is 75.2 Å². The highest BCUT2D eigenvalue weighted by Gasteiger charge is 2.51. The molecule has 1 N–H and O–H groups in total. The summed E-state index contributed by atoms with van der Waals surface area (Å²) in [5, 5.41) is 2.55. The second-order valence-electron chi connectivity index (χ2n) is 8.27. The van der Waals surface area contributed by atoms with Crippen LogP contribution in [0.2, 0.25) is 0 Å². The molecule has 0 bridgehead atoms. The number of anilines is 2. The number of halogens is 2. The van der Waals surface area contributed by atoms with E-state index < -0.39 is 23.1 Å². The van der Waals surface area contributed by atoms with E-state index in [1.807, 2.05) is 0 Å². The molecule has 0 spiro atoms. The second-order valence-corrected chi connectivity index (χ2v) is 8.64. The third kappa shape index (κ3) is 4.31. The molecule has 1 fully saturated rings. The number of hydrogen-bond donors (Lipinski definition) is 1. The fourth-order valence-electron chi connectivity index (χ4n) is 3.84. The van der Waals surface area contributed by atoms with Crippen LogP contribution in [0.1, 0.15) is 37.8 Å². The Balaban J connectivity index is 1.93. The minimum absolute atomic E-state index is 0.0191. The molecule has 2 aromatic carbocycles. The molecule has 172 valence electrons. The standard InChI is InChI=1S/C24H24F2N4O2S/c1-14-18(27-4)11-12-19(21(14)26)29-22(32)24(2,3)30(23(29)33)16-10-9-15(17(25)13-16)7-6-8-20(31)28-5/h9-13H,6-8H2,1-3,5H3,(H,28,31). The van der Waals surface area contributed by atoms with Crippen LogP contribution in [0.5, 0.6) is 0 Å². The van der Waals surface area contributed by atoms with Crippen LogP contribution in [0.3, 0.4) is 0 Å². The lowest BCUT2D eigenvalue weighted by molar-refractivity contribution is -0.121. The van der Waals surface area contributed by atoms with Gasteiger partial charge in [-0.25, -0.2) is 13.6 Å². The van der Waals surface area contributed by atoms with Crippen molar-refractivity contribution in [1.29, 1.82) is 0 Å². The fourth-order valence-corrected chi connectivity index (χ4v) is 4.35. The predicted molar refractivity (Wildman–Crippen MR) is 127 cm³/mol. The van der Waals surface area contributed by atoms with Gasteiger partial charge in [0.1, 0.15) is 17.2 Å². The van der Waals surface area contributed by atoms with E-state index in [0.29, 0.717) is 30.5 Å². The highest BCUT2D eigenvalue weighted by molar-refractivity contribution is 7.81. The van der Waals surface area contributed by atoms with Gasteiger partial charge in [0.25, 0.3) is 5.91 Å². The van der Waals surface area contributed by atoms with E-state index >= 15 is 4.39 Å². The summed E-state index contributed by atoms with van der Waals surface area (Å²) < 4.78 is 29.9. The normalized spacial score (nSPS) is 15.1. The van der Waals surface area contributed by atoms with Gasteiger partial charge in [0.05, 0.1) is 12.3 Å². The van der Waals surface area contributed by atoms with Gasteiger partial charge in [-0.3, -0.25) is 14.5 Å². The molecule has 1 heterocycles. The molecule has 33 heavy (non-hydrogen) atoms. The molecule has 1 saturated heterocycles. The van der Waals surface area contributed by atoms with Crippen LogP contribution < -0.4 is 15.1 Å². The minimum atomic E-state index is -1.19. The summed E-state index contributed by atoms with van der Waals surface area (Å²) >= 11 is 5.54. The van der Waals surface area contributed by atoms with Gasteiger partial charge in [-0.2, -0.15) is 0 Å². The molecule has 2 aromatic rings. The number of carbonyl (C=O) groups excluding carboxylic acids is 2. The van der Waals surface area contributed by atoms with E-state index in [9.17, 15) is 14.0 Å². The number of thiocarbonyl (C=S) groups is 1. The number of amides is 2. The Bertz CT molecular complexity index is 1190. The lowest BCUT2D eigenvalue weighted by atomic mass is 10.0. The molecule has 9 heteroatoms. The Morgan fingerprint density at radius 2 is 1.94 bits per heavy atom. The average Bonchev–Trinajstić information content (AvgIpc) is 2.95. The SMILES string of the molecule is [C-]#[N+]c1ccc(N2C(=O)C(C)(C)N(c3ccc(CCCC(=O)NC)c(F)c3)C2=S)c(F)c1C. The third-order valence-corrected chi connectivity index (χ3v) is 6.16. The van der Waals surface area contributed by atoms with Crippen molar-refractivity contribution in [1.82, 2.24) is 5.32 Å². The van der Waals surface area contributed by atoms with Gasteiger partial charge >= 0.3 is 0 Å². The first kappa shape index (κ1) is 24.3. The Morgan fingerprint density at radius 1 is 1.24 bits per heavy atom. The van der Waals surface area contributed by atoms with Gasteiger partial charge < -0.3 is 10.2 Å². The van der Waals surface area contributed by atoms with Crippen molar-refractivity contribution in [3.8, 4) is 0 Å². The summed E-state index contributed by atoms with van der Waals surface area (Å²) in [5.74, 6) is -1.75. The molecule has 0 radical (unpaired) electrons. The lowest BCUT2D eigenvalue weighted by Gasteiger charge is -2.29. The van der Waals surface area contributed by atoms with E-state index in [-0.39, 0.29) is 28.0 Å². The number of rotatable bonds is 6. The molecule has 0 unspecified atom stereocenters. The zero-order valence-corrected chi connectivity index (χ0v) is 19.6. The molecular weight excluding hydrogens is 446 g/mol. The fraction of sp³-hybridized carbons (Fsp3) is 0.333. The first-order valence-electron chi connectivity index (χ1n) is 10.4. The highest BCUT2D eigenvalue weighted by atomic mass is 32.1. The summed E-state index contributed by atoms with van der Waals surface area (Å²) in [6.07, 6.45) is 1.17. The zero-order valence-electron chi connectivity index (χ0n) is 18.8. The van der Waals surface area contributed by atoms with Crippen molar-refractivity contribution >= 4 is 46.2 Å². The van der Waals surface area contributed by atoms with Gasteiger partial charge in [-0.1, -0.05) is 12.1 Å². The lowest BCUT2D eigenvalue weighted by Crippen LogP contribution is -2.44. The number of hydrogen-bond acceptors (Lipinski definition) is 3. The summed E-state index contributed by atoms with van der Waals surface area (Å²) in [7, 11) is 1.55. The first-order valence-corrected chi connectivity index (χ1v) is 10.8. The van der Waals surface area contributed by atoms with Crippen molar-refractivity contribution in [3.05, 3.63) is 64.5 Å². The third-order valence-electron chi connectivity index (χ3n) is 5.79. The van der Waals surface area contributed by atoms with Crippen molar-refractivity contribution in [3.63, 3.8) is 0 Å². The van der Waals surface area contributed by atoms with Gasteiger partial charge in [0.15, 0.2) is 10.8 Å². The van der Waals surface area contributed by atoms with E-state index in [1.54, 1.807) is 33.0 Å². The Labute approximate surface area is 197 Å². The quantitative estimate of drug-likeness (QED) is 0.486. The molecule has 1 aliphatic heterocycles. The summed E-state index contributed by atoms with van der Waals surface area (Å²) in [6.45, 7) is 11.9. The van der Waals surface area contributed by atoms with Crippen LogP contribution in [0.4, 0.5) is 25.8 Å². The van der Waals surface area contributed by atoms with Gasteiger partial charge in [-0.15, -0.1) is 0 Å². The Kier molecular flexibility index (Phi) is 6.79. The predicted octanol–water partition coefficient (Wildman–Crippen LogP) is 4.81. The number of benzene rings is 2. The zero-order chi connectivity index (χ0) is 24.5. The molecule has 3 rings (SSSR count). The summed E-state index contributed by atoms with van der Waals surface area (Å²) in [4.78, 5) is 30.5. The molecule has 0 aliphatic carbocycles. The van der Waals surface area contributed by atoms with E-state index in [1.165, 1.54) is 30.0 Å². The molecule has 0 aromatic heterocycles. The maximum atomic E-state index is 15.0. The molecule has 0 atom stereocenters. The molecule has 0 saturated carbocycles. The van der Waals surface area contributed by atoms with Crippen LogP contribution in [0, 0.1) is 25.1 Å². The topological polar surface area (TPSA) is 57.0 Å². The molecule has 6 nitrogen and oxygen atoms in total. The smallest absolute Gasteiger partial charge is 0.259 e. The first-order chi connectivity index (χ1) is 15.5. The van der Waals surface area contributed by atoms with E-state index in [4.69, 9.17) is 18.8 Å². The van der Waals surface area contributed by atoms with Crippen LogP contribution in [0.15, 0.2) is 30.3 Å². The number of nitrogens with one attached hydrogen (secondary N) is 1. The van der Waals surface area contributed by atoms with Crippen LogP contribution in [-0.4, -0.2) is 29.5 Å². The van der Waals surface area contributed by atoms with Crippen LogP contribution in [0.25, 0.3) is 4.85 Å². The maximum Gasteiger partial charge on any atom is 0.259 e. The van der Waals surface area contributed by atoms with Crippen molar-refractivity contribution < 1.29 is 18.4 Å². The van der Waals surface area contributed by atoms with E-state index in [0.717, 1.165) is 4.90 Å². The molecule has 2 amide bonds. The summed E-state index contributed by atoms with van der Waals surface area (Å²) in [5.41, 5.74) is -0.144. The number of aryl methyl sites for hydroxylation is 1. The number of carbonyl (C=O) groups is 2. The van der Waals surface area contributed by atoms with Gasteiger partial charge in [0.2, 0.25) is 5.91 Å². The highest BCUT2D eigenvalue weighted by Crippen LogP contribution is 2.39. The summed E-state index contributed by atoms with van der Waals surface area (Å²) in [6, 6.07) is 7.36. The van der Waals surface area contributed by atoms with Crippen LogP contribution in [-0.2, 0) is 16.0 Å². The van der Waals surface area contributed by atoms with Crippen LogP contribution >= 0.6 is 12.2 Å². The second kappa shape index (κ2) is 9.24. The number of nitrogens with zero attached hydrogens (tertiary/aromatic N) is 3. The minimum Gasteiger partial charge on any atom is -0.359 e. The molecule has 1 aliphatic rings. The monoisotopic (exact) mass is 470 g/mol. The maximum absolute atomic E-state index is 15.0. The molecular formula is C24H24F2N4O2S. The Morgan fingerprint density at radius 3 is 2.55 bits per heavy atom. The van der Waals surface area contributed by atoms with E-state index in [2.05, 4.69) is 10.2 Å². The van der Waals surface area contributed by atoms with Crippen molar-refractivity contribution in [2.75, 3.05) is 16.8 Å². The Hall–Kier alpha value is -3.38. The van der Waals surface area contributed by atoms with Crippen molar-refractivity contribution in [2.24, 2.45) is 0 Å². The largest absolute Gasteiger partial charge is 0.359 e.